The molecule has 0 saturated heterocycles. The fraction of sp³-hybridized carbons (Fsp3) is 0.700. The number of benzene rings is 1. The molecule has 2 saturated carbocycles. The van der Waals surface area contributed by atoms with E-state index in [1.54, 1.807) is 0 Å². The Morgan fingerprint density at radius 2 is 1.70 bits per heavy atom. The van der Waals surface area contributed by atoms with Gasteiger partial charge in [-0.3, -0.25) is 0 Å². The van der Waals surface area contributed by atoms with Gasteiger partial charge >= 0.3 is 0 Å². The molecule has 2 fully saturated rings. The van der Waals surface area contributed by atoms with Crippen LogP contribution in [0, 0.1) is 20.8 Å². The molecule has 1 heterocycles. The zero-order valence-corrected chi connectivity index (χ0v) is 14.6. The van der Waals surface area contributed by atoms with E-state index in [9.17, 15) is 5.11 Å². The SMILES string of the molecule is Cc1c(C)c2c(c(C)c1O)C(OC1CCCC1)CC1(CCC1)O2. The van der Waals surface area contributed by atoms with Crippen LogP contribution in [0.25, 0.3) is 0 Å². The molecule has 126 valence electrons. The number of aromatic hydroxyl groups is 1. The van der Waals surface area contributed by atoms with Gasteiger partial charge in [-0.25, -0.2) is 0 Å². The first-order chi connectivity index (χ1) is 11.0. The molecule has 0 bridgehead atoms. The summed E-state index contributed by atoms with van der Waals surface area (Å²) in [7, 11) is 0. The molecule has 1 spiro atoms. The van der Waals surface area contributed by atoms with Gasteiger partial charge in [0.25, 0.3) is 0 Å². The van der Waals surface area contributed by atoms with Crippen molar-refractivity contribution in [1.82, 2.24) is 0 Å². The van der Waals surface area contributed by atoms with E-state index in [0.29, 0.717) is 11.9 Å². The summed E-state index contributed by atoms with van der Waals surface area (Å²) in [5.74, 6) is 1.40. The Morgan fingerprint density at radius 1 is 1.00 bits per heavy atom. The molecule has 3 nitrogen and oxygen atoms in total. The van der Waals surface area contributed by atoms with Crippen molar-refractivity contribution < 1.29 is 14.6 Å². The monoisotopic (exact) mass is 316 g/mol. The highest BCUT2D eigenvalue weighted by Crippen LogP contribution is 2.54. The molecule has 0 radical (unpaired) electrons. The van der Waals surface area contributed by atoms with E-state index >= 15 is 0 Å². The van der Waals surface area contributed by atoms with Gasteiger partial charge in [-0.15, -0.1) is 0 Å². The van der Waals surface area contributed by atoms with Gasteiger partial charge in [0.2, 0.25) is 0 Å². The zero-order valence-electron chi connectivity index (χ0n) is 14.6. The van der Waals surface area contributed by atoms with E-state index in [1.165, 1.54) is 32.1 Å². The smallest absolute Gasteiger partial charge is 0.129 e. The molecule has 1 aromatic rings. The van der Waals surface area contributed by atoms with Gasteiger partial charge in [-0.1, -0.05) is 12.8 Å². The van der Waals surface area contributed by atoms with Crippen LogP contribution >= 0.6 is 0 Å². The second-order valence-corrected chi connectivity index (χ2v) is 7.84. The van der Waals surface area contributed by atoms with Crippen molar-refractivity contribution in [2.75, 3.05) is 0 Å². The van der Waals surface area contributed by atoms with Gasteiger partial charge in [0.15, 0.2) is 0 Å². The van der Waals surface area contributed by atoms with Gasteiger partial charge in [0.1, 0.15) is 17.1 Å². The van der Waals surface area contributed by atoms with Crippen molar-refractivity contribution >= 4 is 0 Å². The molecular weight excluding hydrogens is 288 g/mol. The third-order valence-corrected chi connectivity index (χ3v) is 6.38. The van der Waals surface area contributed by atoms with Gasteiger partial charge in [-0.2, -0.15) is 0 Å². The minimum Gasteiger partial charge on any atom is -0.507 e. The molecule has 0 amide bonds. The van der Waals surface area contributed by atoms with Gasteiger partial charge in [0, 0.05) is 17.5 Å². The highest BCUT2D eigenvalue weighted by atomic mass is 16.5. The van der Waals surface area contributed by atoms with Crippen LogP contribution in [0.4, 0.5) is 0 Å². The highest BCUT2D eigenvalue weighted by molar-refractivity contribution is 5.59. The molecular formula is C20H28O3. The van der Waals surface area contributed by atoms with Crippen molar-refractivity contribution in [2.45, 2.75) is 89.9 Å². The van der Waals surface area contributed by atoms with E-state index < -0.39 is 0 Å². The Morgan fingerprint density at radius 3 is 2.30 bits per heavy atom. The quantitative estimate of drug-likeness (QED) is 0.832. The Labute approximate surface area is 139 Å². The number of ether oxygens (including phenoxy) is 2. The fourth-order valence-corrected chi connectivity index (χ4v) is 4.60. The molecule has 1 unspecified atom stereocenters. The van der Waals surface area contributed by atoms with Crippen LogP contribution in [0.1, 0.15) is 79.7 Å². The van der Waals surface area contributed by atoms with Gasteiger partial charge in [0.05, 0.1) is 12.2 Å². The van der Waals surface area contributed by atoms with Crippen LogP contribution in [0.15, 0.2) is 0 Å². The van der Waals surface area contributed by atoms with E-state index in [-0.39, 0.29) is 11.7 Å². The molecule has 3 aliphatic rings. The molecule has 1 aliphatic heterocycles. The van der Waals surface area contributed by atoms with Crippen molar-refractivity contribution in [3.63, 3.8) is 0 Å². The van der Waals surface area contributed by atoms with Crippen LogP contribution < -0.4 is 4.74 Å². The topological polar surface area (TPSA) is 38.7 Å². The lowest BCUT2D eigenvalue weighted by Crippen LogP contribution is -2.48. The Bertz CT molecular complexity index is 625. The molecule has 3 heteroatoms. The summed E-state index contributed by atoms with van der Waals surface area (Å²) >= 11 is 0. The second kappa shape index (κ2) is 5.41. The van der Waals surface area contributed by atoms with Crippen LogP contribution in [0.3, 0.4) is 0 Å². The molecule has 2 aliphatic carbocycles. The first-order valence-electron chi connectivity index (χ1n) is 9.18. The third-order valence-electron chi connectivity index (χ3n) is 6.38. The molecule has 1 aromatic carbocycles. The van der Waals surface area contributed by atoms with Crippen molar-refractivity contribution in [3.05, 3.63) is 22.3 Å². The number of phenols is 1. The van der Waals surface area contributed by atoms with E-state index in [0.717, 1.165) is 47.3 Å². The average molecular weight is 316 g/mol. The summed E-state index contributed by atoms with van der Waals surface area (Å²) in [6, 6.07) is 0. The summed E-state index contributed by atoms with van der Waals surface area (Å²) < 4.78 is 13.1. The third kappa shape index (κ3) is 2.36. The molecule has 1 atom stereocenters. The average Bonchev–Trinajstić information content (AvgIpc) is 3.01. The standard InChI is InChI=1S/C20H28O3/c1-12-13(2)19-17(14(3)18(12)21)16(22-15-7-4-5-8-15)11-20(23-19)9-6-10-20/h15-16,21H,4-11H2,1-3H3. The largest absolute Gasteiger partial charge is 0.507 e. The Balaban J connectivity index is 1.77. The van der Waals surface area contributed by atoms with Crippen LogP contribution in [0.5, 0.6) is 11.5 Å². The second-order valence-electron chi connectivity index (χ2n) is 7.84. The normalized spacial score (nSPS) is 26.0. The summed E-state index contributed by atoms with van der Waals surface area (Å²) in [5.41, 5.74) is 4.05. The maximum atomic E-state index is 10.5. The Hall–Kier alpha value is -1.22. The van der Waals surface area contributed by atoms with E-state index in [1.807, 2.05) is 13.8 Å². The number of fused-ring (bicyclic) bond motifs is 1. The molecule has 4 rings (SSSR count). The lowest BCUT2D eigenvalue weighted by atomic mass is 9.72. The van der Waals surface area contributed by atoms with Crippen molar-refractivity contribution in [1.29, 1.82) is 0 Å². The van der Waals surface area contributed by atoms with Crippen molar-refractivity contribution in [3.8, 4) is 11.5 Å². The first-order valence-corrected chi connectivity index (χ1v) is 9.18. The zero-order chi connectivity index (χ0) is 16.2. The highest BCUT2D eigenvalue weighted by Gasteiger charge is 2.48. The summed E-state index contributed by atoms with van der Waals surface area (Å²) in [6.45, 7) is 6.06. The van der Waals surface area contributed by atoms with E-state index in [4.69, 9.17) is 9.47 Å². The van der Waals surface area contributed by atoms with E-state index in [2.05, 4.69) is 6.92 Å². The number of phenolic OH excluding ortho intramolecular Hbond substituents is 1. The number of rotatable bonds is 2. The maximum Gasteiger partial charge on any atom is 0.129 e. The summed E-state index contributed by atoms with van der Waals surface area (Å²) in [4.78, 5) is 0. The van der Waals surface area contributed by atoms with Gasteiger partial charge < -0.3 is 14.6 Å². The maximum absolute atomic E-state index is 10.5. The minimum absolute atomic E-state index is 0.0170. The Kier molecular flexibility index (Phi) is 3.60. The lowest BCUT2D eigenvalue weighted by Gasteiger charge is -2.49. The predicted molar refractivity (Wildman–Crippen MR) is 90.2 cm³/mol. The molecule has 1 N–H and O–H groups in total. The molecule has 0 aromatic heterocycles. The van der Waals surface area contributed by atoms with Crippen LogP contribution in [0.2, 0.25) is 0 Å². The fourth-order valence-electron chi connectivity index (χ4n) is 4.60. The van der Waals surface area contributed by atoms with Crippen molar-refractivity contribution in [2.24, 2.45) is 0 Å². The number of hydrogen-bond acceptors (Lipinski definition) is 3. The minimum atomic E-state index is -0.0170. The predicted octanol–water partition coefficient (Wildman–Crippen LogP) is 5.02. The van der Waals surface area contributed by atoms with Crippen LogP contribution in [-0.2, 0) is 4.74 Å². The van der Waals surface area contributed by atoms with Gasteiger partial charge in [-0.05, 0) is 64.0 Å². The summed E-state index contributed by atoms with van der Waals surface area (Å²) in [6.07, 6.45) is 9.83. The van der Waals surface area contributed by atoms with Crippen LogP contribution in [-0.4, -0.2) is 16.8 Å². The molecule has 23 heavy (non-hydrogen) atoms. The number of hydrogen-bond donors (Lipinski definition) is 1. The summed E-state index contributed by atoms with van der Waals surface area (Å²) in [5, 5.41) is 10.5. The lowest BCUT2D eigenvalue weighted by molar-refractivity contribution is -0.106. The first kappa shape index (κ1) is 15.3.